The quantitative estimate of drug-likeness (QED) is 0.0948. The van der Waals surface area contributed by atoms with Gasteiger partial charge in [-0.2, -0.15) is 0 Å². The molecule has 0 bridgehead atoms. The second-order valence-corrected chi connectivity index (χ2v) is 13.3. The Morgan fingerprint density at radius 3 is 2.05 bits per heavy atom. The molecular formula is C41H43N5O10. The number of ether oxygens (including phenoxy) is 6. The number of fused-ring (bicyclic) bond motifs is 4. The number of benzene rings is 2. The van der Waals surface area contributed by atoms with Crippen molar-refractivity contribution in [1.29, 1.82) is 0 Å². The summed E-state index contributed by atoms with van der Waals surface area (Å²) in [6.07, 6.45) is 3.88. The first kappa shape index (κ1) is 38.5. The highest BCUT2D eigenvalue weighted by atomic mass is 16.6. The van der Waals surface area contributed by atoms with Crippen molar-refractivity contribution in [2.75, 3.05) is 66.1 Å². The first-order valence-corrected chi connectivity index (χ1v) is 18.5. The van der Waals surface area contributed by atoms with Crippen LogP contribution < -0.4 is 14.8 Å². The first-order chi connectivity index (χ1) is 27.3. The molecular weight excluding hydrogens is 722 g/mol. The second kappa shape index (κ2) is 17.8. The standard InChI is InChI=1S/C41H43N5O10/c1-26-29(27-3-5-30-33-25-42-12-11-34(33)45(2)36(30)23-27)7-10-38(43-26)56-22-20-54-18-16-52-14-13-51-15-17-53-19-21-55-28-4-6-31-32(24-28)41(50)46(40(31)49)35-8-9-37(47)44-39(35)48/h3-7,10-12,23-25,35H,8-9,13-22H2,1-2H3,(H,44,47,48). The first-order valence-electron chi connectivity index (χ1n) is 18.5. The highest BCUT2D eigenvalue weighted by molar-refractivity contribution is 6.23. The molecule has 1 atom stereocenters. The van der Waals surface area contributed by atoms with Crippen molar-refractivity contribution in [3.8, 4) is 22.8 Å². The minimum Gasteiger partial charge on any atom is -0.491 e. The maximum Gasteiger partial charge on any atom is 0.262 e. The molecule has 5 aromatic rings. The van der Waals surface area contributed by atoms with Gasteiger partial charge in [0.2, 0.25) is 17.7 Å². The van der Waals surface area contributed by atoms with Gasteiger partial charge in [-0.05, 0) is 55.3 Å². The summed E-state index contributed by atoms with van der Waals surface area (Å²) in [5.41, 5.74) is 5.67. The number of piperidine rings is 1. The lowest BCUT2D eigenvalue weighted by Crippen LogP contribution is -2.54. The zero-order valence-electron chi connectivity index (χ0n) is 31.3. The number of rotatable bonds is 19. The van der Waals surface area contributed by atoms with Crippen LogP contribution in [-0.4, -0.2) is 115 Å². The van der Waals surface area contributed by atoms with Crippen LogP contribution in [0.25, 0.3) is 32.9 Å². The van der Waals surface area contributed by atoms with Crippen molar-refractivity contribution < 1.29 is 47.6 Å². The van der Waals surface area contributed by atoms with Gasteiger partial charge in [-0.25, -0.2) is 4.98 Å². The number of carbonyl (C=O) groups is 4. The third-order valence-electron chi connectivity index (χ3n) is 9.68. The topological polar surface area (TPSA) is 170 Å². The summed E-state index contributed by atoms with van der Waals surface area (Å²) in [7, 11) is 2.07. The fourth-order valence-electron chi connectivity index (χ4n) is 6.87. The molecule has 4 amide bonds. The number of hydrogen-bond acceptors (Lipinski definition) is 12. The summed E-state index contributed by atoms with van der Waals surface area (Å²) in [4.78, 5) is 59.4. The van der Waals surface area contributed by atoms with Gasteiger partial charge in [-0.1, -0.05) is 12.1 Å². The summed E-state index contributed by atoms with van der Waals surface area (Å²) in [5, 5.41) is 4.50. The van der Waals surface area contributed by atoms with Gasteiger partial charge in [0.25, 0.3) is 11.8 Å². The van der Waals surface area contributed by atoms with E-state index >= 15 is 0 Å². The highest BCUT2D eigenvalue weighted by Gasteiger charge is 2.44. The molecule has 0 saturated carbocycles. The van der Waals surface area contributed by atoms with Crippen molar-refractivity contribution in [2.24, 2.45) is 7.05 Å². The molecule has 2 aromatic carbocycles. The summed E-state index contributed by atoms with van der Waals surface area (Å²) in [6.45, 7) is 5.70. The van der Waals surface area contributed by atoms with Crippen molar-refractivity contribution in [3.63, 3.8) is 0 Å². The van der Waals surface area contributed by atoms with E-state index in [1.54, 1.807) is 6.07 Å². The molecule has 3 aromatic heterocycles. The lowest BCUT2D eigenvalue weighted by molar-refractivity contribution is -0.136. The number of nitrogens with zero attached hydrogens (tertiary/aromatic N) is 4. The number of aromatic nitrogens is 3. The van der Waals surface area contributed by atoms with Gasteiger partial charge in [-0.3, -0.25) is 34.4 Å². The molecule has 15 nitrogen and oxygen atoms in total. The fourth-order valence-corrected chi connectivity index (χ4v) is 6.87. The third-order valence-corrected chi connectivity index (χ3v) is 9.68. The van der Waals surface area contributed by atoms with Gasteiger partial charge in [0.15, 0.2) is 0 Å². The van der Waals surface area contributed by atoms with Crippen LogP contribution in [0.2, 0.25) is 0 Å². The van der Waals surface area contributed by atoms with Crippen LogP contribution in [0, 0.1) is 6.92 Å². The molecule has 1 unspecified atom stereocenters. The molecule has 1 saturated heterocycles. The smallest absolute Gasteiger partial charge is 0.262 e. The van der Waals surface area contributed by atoms with E-state index in [4.69, 9.17) is 28.4 Å². The average molecular weight is 766 g/mol. The van der Waals surface area contributed by atoms with Crippen molar-refractivity contribution >= 4 is 45.4 Å². The van der Waals surface area contributed by atoms with Crippen molar-refractivity contribution in [2.45, 2.75) is 25.8 Å². The summed E-state index contributed by atoms with van der Waals surface area (Å²) < 4.78 is 36.0. The van der Waals surface area contributed by atoms with E-state index in [0.29, 0.717) is 64.5 Å². The predicted octanol–water partition coefficient (Wildman–Crippen LogP) is 4.02. The van der Waals surface area contributed by atoms with E-state index in [2.05, 4.69) is 45.1 Å². The van der Waals surface area contributed by atoms with E-state index in [-0.39, 0.29) is 37.2 Å². The number of pyridine rings is 2. The van der Waals surface area contributed by atoms with Crippen LogP contribution in [0.4, 0.5) is 0 Å². The van der Waals surface area contributed by atoms with Crippen LogP contribution in [-0.2, 0) is 35.6 Å². The second-order valence-electron chi connectivity index (χ2n) is 13.3. The SMILES string of the molecule is Cc1nc(OCCOCCOCCOCCOCCOc2ccc3c(c2)C(=O)N(C2CCC(=O)NC2=O)C3=O)ccc1-c1ccc2c3cnccc3n(C)c2c1. The Labute approximate surface area is 322 Å². The van der Waals surface area contributed by atoms with Crippen molar-refractivity contribution in [3.05, 3.63) is 83.8 Å². The Morgan fingerprint density at radius 1 is 0.696 bits per heavy atom. The maximum atomic E-state index is 13.0. The van der Waals surface area contributed by atoms with Crippen LogP contribution in [0.15, 0.2) is 67.0 Å². The Kier molecular flexibility index (Phi) is 12.3. The van der Waals surface area contributed by atoms with E-state index in [0.717, 1.165) is 38.1 Å². The predicted molar refractivity (Wildman–Crippen MR) is 204 cm³/mol. The molecule has 2 aliphatic rings. The van der Waals surface area contributed by atoms with Crippen LogP contribution in [0.3, 0.4) is 0 Å². The lowest BCUT2D eigenvalue weighted by Gasteiger charge is -2.27. The largest absolute Gasteiger partial charge is 0.491 e. The molecule has 0 spiro atoms. The van der Waals surface area contributed by atoms with E-state index in [1.807, 2.05) is 37.5 Å². The molecule has 15 heteroatoms. The Morgan fingerprint density at radius 2 is 1.36 bits per heavy atom. The van der Waals surface area contributed by atoms with Gasteiger partial charge in [-0.15, -0.1) is 0 Å². The molecule has 0 aliphatic carbocycles. The zero-order chi connectivity index (χ0) is 39.0. The zero-order valence-corrected chi connectivity index (χ0v) is 31.3. The highest BCUT2D eigenvalue weighted by Crippen LogP contribution is 2.33. The molecule has 1 N–H and O–H groups in total. The minimum atomic E-state index is -1.01. The van der Waals surface area contributed by atoms with E-state index in [9.17, 15) is 19.2 Å². The van der Waals surface area contributed by atoms with Crippen molar-refractivity contribution in [1.82, 2.24) is 24.8 Å². The summed E-state index contributed by atoms with van der Waals surface area (Å²) >= 11 is 0. The third kappa shape index (κ3) is 8.55. The van der Waals surface area contributed by atoms with Gasteiger partial charge in [0, 0.05) is 59.5 Å². The Hall–Kier alpha value is -5.74. The molecule has 2 aliphatic heterocycles. The normalized spacial score (nSPS) is 15.5. The maximum absolute atomic E-state index is 13.0. The number of amides is 4. The fraction of sp³-hybridized carbons (Fsp3) is 0.366. The van der Waals surface area contributed by atoms with Crippen LogP contribution >= 0.6 is 0 Å². The van der Waals surface area contributed by atoms with Gasteiger partial charge in [0.1, 0.15) is 25.0 Å². The number of carbonyl (C=O) groups excluding carboxylic acids is 4. The Bertz CT molecular complexity index is 2260. The van der Waals surface area contributed by atoms with E-state index < -0.39 is 29.7 Å². The minimum absolute atomic E-state index is 0.0614. The molecule has 56 heavy (non-hydrogen) atoms. The van der Waals surface area contributed by atoms with Gasteiger partial charge < -0.3 is 33.0 Å². The molecule has 0 radical (unpaired) electrons. The van der Waals surface area contributed by atoms with Gasteiger partial charge >= 0.3 is 0 Å². The lowest BCUT2D eigenvalue weighted by atomic mass is 10.0. The van der Waals surface area contributed by atoms with Gasteiger partial charge in [0.05, 0.1) is 69.5 Å². The molecule has 1 fully saturated rings. The summed E-state index contributed by atoms with van der Waals surface area (Å²) in [6, 6.07) is 16.0. The Balaban J connectivity index is 0.704. The van der Waals surface area contributed by atoms with E-state index in [1.165, 1.54) is 17.5 Å². The molecule has 5 heterocycles. The number of imide groups is 2. The molecule has 7 rings (SSSR count). The summed E-state index contributed by atoms with van der Waals surface area (Å²) in [5.74, 6) is -1.28. The number of aryl methyl sites for hydroxylation is 2. The monoisotopic (exact) mass is 765 g/mol. The average Bonchev–Trinajstić information content (AvgIpc) is 3.62. The number of hydrogen-bond donors (Lipinski definition) is 1. The van der Waals surface area contributed by atoms with Crippen LogP contribution in [0.5, 0.6) is 11.6 Å². The number of nitrogens with one attached hydrogen (secondary N) is 1. The molecule has 292 valence electrons. The van der Waals surface area contributed by atoms with Crippen LogP contribution in [0.1, 0.15) is 39.3 Å².